The van der Waals surface area contributed by atoms with Crippen molar-refractivity contribution < 1.29 is 9.53 Å². The number of pyridine rings is 1. The number of rotatable bonds is 6. The Hall–Kier alpha value is -1.07. The van der Waals surface area contributed by atoms with Gasteiger partial charge < -0.3 is 10.1 Å². The molecule has 0 saturated carbocycles. The van der Waals surface area contributed by atoms with E-state index in [1.807, 2.05) is 12.1 Å². The standard InChI is InChI=1S/C10H14N2O2S/c1-14-6-7-15-8-10(13)12-9-4-2-3-5-11-9/h2-5H,6-8H2,1H3,(H,11,12,13). The van der Waals surface area contributed by atoms with Gasteiger partial charge in [0.1, 0.15) is 5.82 Å². The Balaban J connectivity index is 2.19. The maximum atomic E-state index is 11.4. The van der Waals surface area contributed by atoms with Gasteiger partial charge >= 0.3 is 0 Å². The minimum absolute atomic E-state index is 0.0326. The quantitative estimate of drug-likeness (QED) is 0.745. The van der Waals surface area contributed by atoms with E-state index in [4.69, 9.17) is 4.74 Å². The Labute approximate surface area is 93.4 Å². The molecule has 0 aliphatic heterocycles. The molecule has 1 aromatic rings. The highest BCUT2D eigenvalue weighted by atomic mass is 32.2. The number of aromatic nitrogens is 1. The van der Waals surface area contributed by atoms with E-state index in [1.165, 1.54) is 0 Å². The molecule has 4 nitrogen and oxygen atoms in total. The average molecular weight is 226 g/mol. The van der Waals surface area contributed by atoms with Gasteiger partial charge in [-0.05, 0) is 12.1 Å². The van der Waals surface area contributed by atoms with Gasteiger partial charge in [-0.3, -0.25) is 4.79 Å². The van der Waals surface area contributed by atoms with Gasteiger partial charge in [0, 0.05) is 19.1 Å². The molecular weight excluding hydrogens is 212 g/mol. The van der Waals surface area contributed by atoms with E-state index in [0.29, 0.717) is 18.2 Å². The number of carbonyl (C=O) groups is 1. The van der Waals surface area contributed by atoms with Crippen molar-refractivity contribution in [3.05, 3.63) is 24.4 Å². The maximum Gasteiger partial charge on any atom is 0.235 e. The van der Waals surface area contributed by atoms with Gasteiger partial charge in [0.05, 0.1) is 12.4 Å². The minimum Gasteiger partial charge on any atom is -0.384 e. The average Bonchev–Trinajstić information content (AvgIpc) is 2.26. The topological polar surface area (TPSA) is 51.2 Å². The van der Waals surface area contributed by atoms with Crippen molar-refractivity contribution in [2.45, 2.75) is 0 Å². The van der Waals surface area contributed by atoms with E-state index in [0.717, 1.165) is 5.75 Å². The number of nitrogens with zero attached hydrogens (tertiary/aromatic N) is 1. The van der Waals surface area contributed by atoms with E-state index < -0.39 is 0 Å². The monoisotopic (exact) mass is 226 g/mol. The first-order valence-electron chi connectivity index (χ1n) is 4.60. The van der Waals surface area contributed by atoms with Gasteiger partial charge in [-0.1, -0.05) is 6.07 Å². The number of hydrogen-bond acceptors (Lipinski definition) is 4. The van der Waals surface area contributed by atoms with Gasteiger partial charge in [0.25, 0.3) is 0 Å². The van der Waals surface area contributed by atoms with Crippen LogP contribution in [0.2, 0.25) is 0 Å². The summed E-state index contributed by atoms with van der Waals surface area (Å²) in [5.74, 6) is 1.82. The van der Waals surface area contributed by atoms with Crippen molar-refractivity contribution in [3.63, 3.8) is 0 Å². The number of hydrogen-bond donors (Lipinski definition) is 1. The molecule has 0 radical (unpaired) electrons. The smallest absolute Gasteiger partial charge is 0.235 e. The summed E-state index contributed by atoms with van der Waals surface area (Å²) in [5, 5.41) is 2.71. The fraction of sp³-hybridized carbons (Fsp3) is 0.400. The number of thioether (sulfide) groups is 1. The highest BCUT2D eigenvalue weighted by Crippen LogP contribution is 2.03. The maximum absolute atomic E-state index is 11.4. The third-order valence-electron chi connectivity index (χ3n) is 1.60. The first-order valence-corrected chi connectivity index (χ1v) is 5.76. The van der Waals surface area contributed by atoms with Gasteiger partial charge in [-0.15, -0.1) is 11.8 Å². The summed E-state index contributed by atoms with van der Waals surface area (Å²) >= 11 is 1.54. The lowest BCUT2D eigenvalue weighted by molar-refractivity contribution is -0.113. The molecule has 82 valence electrons. The largest absolute Gasteiger partial charge is 0.384 e. The molecule has 0 aliphatic rings. The third kappa shape index (κ3) is 5.39. The van der Waals surface area contributed by atoms with Crippen molar-refractivity contribution >= 4 is 23.5 Å². The summed E-state index contributed by atoms with van der Waals surface area (Å²) in [5.41, 5.74) is 0. The van der Waals surface area contributed by atoms with Crippen molar-refractivity contribution in [3.8, 4) is 0 Å². The second-order valence-electron chi connectivity index (χ2n) is 2.81. The van der Waals surface area contributed by atoms with Gasteiger partial charge in [0.2, 0.25) is 5.91 Å². The molecule has 1 N–H and O–H groups in total. The van der Waals surface area contributed by atoms with E-state index in [2.05, 4.69) is 10.3 Å². The van der Waals surface area contributed by atoms with Crippen LogP contribution in [0.4, 0.5) is 5.82 Å². The Kier molecular flexibility index (Phi) is 5.80. The molecule has 0 aliphatic carbocycles. The highest BCUT2D eigenvalue weighted by Gasteiger charge is 2.01. The van der Waals surface area contributed by atoms with Crippen LogP contribution in [0.25, 0.3) is 0 Å². The molecule has 0 spiro atoms. The lowest BCUT2D eigenvalue weighted by Crippen LogP contribution is -2.15. The van der Waals surface area contributed by atoms with E-state index in [9.17, 15) is 4.79 Å². The van der Waals surface area contributed by atoms with Crippen LogP contribution in [0.15, 0.2) is 24.4 Å². The van der Waals surface area contributed by atoms with E-state index in [1.54, 1.807) is 31.1 Å². The molecule has 1 amide bonds. The summed E-state index contributed by atoms with van der Waals surface area (Å²) < 4.78 is 4.88. The second-order valence-corrected chi connectivity index (χ2v) is 3.91. The SMILES string of the molecule is COCCSCC(=O)Nc1ccccn1. The number of methoxy groups -OCH3 is 1. The molecule has 0 fully saturated rings. The molecule has 0 bridgehead atoms. The van der Waals surface area contributed by atoms with Gasteiger partial charge in [0.15, 0.2) is 0 Å². The number of anilines is 1. The number of nitrogens with one attached hydrogen (secondary N) is 1. The first kappa shape index (κ1) is 12.0. The minimum atomic E-state index is -0.0326. The zero-order chi connectivity index (χ0) is 10.9. The van der Waals surface area contributed by atoms with Crippen LogP contribution in [0, 0.1) is 0 Å². The summed E-state index contributed by atoms with van der Waals surface area (Å²) in [4.78, 5) is 15.4. The molecule has 1 heterocycles. The Morgan fingerprint density at radius 3 is 3.13 bits per heavy atom. The molecule has 0 aromatic carbocycles. The molecule has 0 unspecified atom stereocenters. The van der Waals surface area contributed by atoms with Crippen LogP contribution in [0.3, 0.4) is 0 Å². The normalized spacial score (nSPS) is 9.93. The van der Waals surface area contributed by atoms with Gasteiger partial charge in [-0.25, -0.2) is 4.98 Å². The highest BCUT2D eigenvalue weighted by molar-refractivity contribution is 7.99. The zero-order valence-electron chi connectivity index (χ0n) is 8.60. The van der Waals surface area contributed by atoms with Crippen molar-refractivity contribution in [2.24, 2.45) is 0 Å². The van der Waals surface area contributed by atoms with Crippen molar-refractivity contribution in [2.75, 3.05) is 30.5 Å². The summed E-state index contributed by atoms with van der Waals surface area (Å²) in [6, 6.07) is 5.40. The van der Waals surface area contributed by atoms with E-state index in [-0.39, 0.29) is 5.91 Å². The molecule has 5 heteroatoms. The summed E-state index contributed by atoms with van der Waals surface area (Å²) in [6.07, 6.45) is 1.65. The first-order chi connectivity index (χ1) is 7.33. The molecular formula is C10H14N2O2S. The van der Waals surface area contributed by atoms with Crippen LogP contribution in [0.1, 0.15) is 0 Å². The summed E-state index contributed by atoms with van der Waals surface area (Å²) in [6.45, 7) is 0.668. The second kappa shape index (κ2) is 7.25. The Morgan fingerprint density at radius 1 is 1.60 bits per heavy atom. The lowest BCUT2D eigenvalue weighted by Gasteiger charge is -2.03. The predicted octanol–water partition coefficient (Wildman–Crippen LogP) is 1.40. The number of carbonyl (C=O) groups excluding carboxylic acids is 1. The van der Waals surface area contributed by atoms with Crippen molar-refractivity contribution in [1.82, 2.24) is 4.98 Å². The third-order valence-corrected chi connectivity index (χ3v) is 2.52. The molecule has 1 rings (SSSR count). The molecule has 15 heavy (non-hydrogen) atoms. The zero-order valence-corrected chi connectivity index (χ0v) is 9.42. The number of amides is 1. The van der Waals surface area contributed by atoms with Crippen LogP contribution in [0.5, 0.6) is 0 Å². The number of ether oxygens (including phenoxy) is 1. The lowest BCUT2D eigenvalue weighted by atomic mass is 10.4. The fourth-order valence-corrected chi connectivity index (χ4v) is 1.61. The molecule has 0 atom stereocenters. The van der Waals surface area contributed by atoms with Crippen LogP contribution >= 0.6 is 11.8 Å². The fourth-order valence-electron chi connectivity index (χ4n) is 0.923. The molecule has 1 aromatic heterocycles. The van der Waals surface area contributed by atoms with Crippen LogP contribution in [-0.4, -0.2) is 36.1 Å². The Bertz CT molecular complexity index is 293. The van der Waals surface area contributed by atoms with Crippen molar-refractivity contribution in [1.29, 1.82) is 0 Å². The molecule has 0 saturated heterocycles. The Morgan fingerprint density at radius 2 is 2.47 bits per heavy atom. The van der Waals surface area contributed by atoms with Crippen LogP contribution in [-0.2, 0) is 9.53 Å². The predicted molar refractivity (Wildman–Crippen MR) is 62.1 cm³/mol. The van der Waals surface area contributed by atoms with E-state index >= 15 is 0 Å². The van der Waals surface area contributed by atoms with Gasteiger partial charge in [-0.2, -0.15) is 0 Å². The van der Waals surface area contributed by atoms with Crippen LogP contribution < -0.4 is 5.32 Å². The summed E-state index contributed by atoms with van der Waals surface area (Å²) in [7, 11) is 1.65.